The van der Waals surface area contributed by atoms with Crippen LogP contribution in [-0.2, 0) is 13.5 Å². The van der Waals surface area contributed by atoms with Gasteiger partial charge in [0.2, 0.25) is 0 Å². The lowest BCUT2D eigenvalue weighted by Crippen LogP contribution is -2.29. The van der Waals surface area contributed by atoms with Crippen molar-refractivity contribution in [2.45, 2.75) is 38.1 Å². The molecule has 2 atom stereocenters. The van der Waals surface area contributed by atoms with Crippen molar-refractivity contribution in [1.82, 2.24) is 9.78 Å². The largest absolute Gasteiger partial charge is 0.327 e. The van der Waals surface area contributed by atoms with E-state index in [-0.39, 0.29) is 6.04 Å². The van der Waals surface area contributed by atoms with E-state index in [1.165, 1.54) is 11.3 Å². The standard InChI is InChI=1S/C16H23N3/c1-3-15(13-7-5-4-6-8-13)16(17)10-9-14-11-12-18-19(14)2/h4-8,11-12,15-16H,3,9-10,17H2,1-2H3. The molecule has 0 bridgehead atoms. The molecule has 0 fully saturated rings. The van der Waals surface area contributed by atoms with E-state index in [0.717, 1.165) is 19.3 Å². The fraction of sp³-hybridized carbons (Fsp3) is 0.438. The summed E-state index contributed by atoms with van der Waals surface area (Å²) in [5.74, 6) is 0.439. The first-order chi connectivity index (χ1) is 9.22. The predicted octanol–water partition coefficient (Wildman–Crippen LogP) is 2.87. The second kappa shape index (κ2) is 6.53. The smallest absolute Gasteiger partial charge is 0.0492 e. The zero-order chi connectivity index (χ0) is 13.7. The third-order valence-corrected chi connectivity index (χ3v) is 3.84. The zero-order valence-electron chi connectivity index (χ0n) is 11.8. The van der Waals surface area contributed by atoms with Gasteiger partial charge in [-0.05, 0) is 36.8 Å². The quantitative estimate of drug-likeness (QED) is 0.864. The molecule has 1 aromatic carbocycles. The molecule has 0 saturated heterocycles. The Hall–Kier alpha value is -1.61. The summed E-state index contributed by atoms with van der Waals surface area (Å²) in [6.45, 7) is 2.21. The van der Waals surface area contributed by atoms with E-state index < -0.39 is 0 Å². The maximum atomic E-state index is 6.40. The highest BCUT2D eigenvalue weighted by molar-refractivity contribution is 5.21. The van der Waals surface area contributed by atoms with Crippen molar-refractivity contribution in [3.05, 3.63) is 53.9 Å². The van der Waals surface area contributed by atoms with E-state index >= 15 is 0 Å². The SMILES string of the molecule is CCC(c1ccccc1)C(N)CCc1ccnn1C. The average molecular weight is 257 g/mol. The van der Waals surface area contributed by atoms with Crippen LogP contribution in [0.25, 0.3) is 0 Å². The van der Waals surface area contributed by atoms with Crippen LogP contribution in [0.1, 0.15) is 36.9 Å². The number of hydrogen-bond acceptors (Lipinski definition) is 2. The Bertz CT molecular complexity index is 490. The fourth-order valence-corrected chi connectivity index (χ4v) is 2.65. The lowest BCUT2D eigenvalue weighted by Gasteiger charge is -2.23. The van der Waals surface area contributed by atoms with E-state index in [4.69, 9.17) is 5.73 Å². The Kier molecular flexibility index (Phi) is 4.74. The van der Waals surface area contributed by atoms with Gasteiger partial charge in [0.05, 0.1) is 0 Å². The minimum absolute atomic E-state index is 0.197. The Labute approximate surface area is 115 Å². The van der Waals surface area contributed by atoms with Gasteiger partial charge in [-0.15, -0.1) is 0 Å². The molecular weight excluding hydrogens is 234 g/mol. The predicted molar refractivity (Wildman–Crippen MR) is 79.0 cm³/mol. The molecule has 0 aliphatic rings. The van der Waals surface area contributed by atoms with Gasteiger partial charge in [-0.3, -0.25) is 4.68 Å². The molecule has 3 heteroatoms. The minimum atomic E-state index is 0.197. The maximum Gasteiger partial charge on any atom is 0.0492 e. The van der Waals surface area contributed by atoms with Crippen molar-refractivity contribution in [1.29, 1.82) is 0 Å². The Morgan fingerprint density at radius 1 is 1.21 bits per heavy atom. The number of nitrogens with two attached hydrogens (primary N) is 1. The van der Waals surface area contributed by atoms with Crippen LogP contribution < -0.4 is 5.73 Å². The van der Waals surface area contributed by atoms with Crippen LogP contribution in [0.4, 0.5) is 0 Å². The molecule has 3 nitrogen and oxygen atoms in total. The van der Waals surface area contributed by atoms with E-state index in [1.54, 1.807) is 0 Å². The average Bonchev–Trinajstić information content (AvgIpc) is 2.84. The summed E-state index contributed by atoms with van der Waals surface area (Å²) in [6.07, 6.45) is 4.90. The van der Waals surface area contributed by atoms with Crippen molar-refractivity contribution in [3.63, 3.8) is 0 Å². The van der Waals surface area contributed by atoms with Gasteiger partial charge in [0, 0.05) is 25.0 Å². The molecule has 2 aromatic rings. The lowest BCUT2D eigenvalue weighted by atomic mass is 9.87. The van der Waals surface area contributed by atoms with Gasteiger partial charge in [-0.25, -0.2) is 0 Å². The highest BCUT2D eigenvalue weighted by Gasteiger charge is 2.18. The van der Waals surface area contributed by atoms with Crippen LogP contribution in [0, 0.1) is 0 Å². The van der Waals surface area contributed by atoms with Crippen molar-refractivity contribution in [2.24, 2.45) is 12.8 Å². The molecule has 1 aromatic heterocycles. The number of rotatable bonds is 6. The van der Waals surface area contributed by atoms with Gasteiger partial charge in [-0.1, -0.05) is 37.3 Å². The zero-order valence-corrected chi connectivity index (χ0v) is 11.8. The van der Waals surface area contributed by atoms with Gasteiger partial charge < -0.3 is 5.73 Å². The number of hydrogen-bond donors (Lipinski definition) is 1. The summed E-state index contributed by atoms with van der Waals surface area (Å²) in [5, 5.41) is 4.19. The topological polar surface area (TPSA) is 43.8 Å². The normalized spacial score (nSPS) is 14.3. The monoisotopic (exact) mass is 257 g/mol. The van der Waals surface area contributed by atoms with Gasteiger partial charge in [-0.2, -0.15) is 5.10 Å². The molecule has 102 valence electrons. The molecule has 0 aliphatic carbocycles. The van der Waals surface area contributed by atoms with Crippen molar-refractivity contribution >= 4 is 0 Å². The molecule has 0 saturated carbocycles. The van der Waals surface area contributed by atoms with Gasteiger partial charge >= 0.3 is 0 Å². The third kappa shape index (κ3) is 3.44. The molecule has 0 radical (unpaired) electrons. The van der Waals surface area contributed by atoms with E-state index in [0.29, 0.717) is 5.92 Å². The molecule has 2 rings (SSSR count). The molecule has 2 unspecified atom stereocenters. The Morgan fingerprint density at radius 3 is 2.53 bits per heavy atom. The van der Waals surface area contributed by atoms with E-state index in [9.17, 15) is 0 Å². The highest BCUT2D eigenvalue weighted by Crippen LogP contribution is 2.24. The van der Waals surface area contributed by atoms with Crippen molar-refractivity contribution in [3.8, 4) is 0 Å². The first-order valence-corrected chi connectivity index (χ1v) is 6.99. The summed E-state index contributed by atoms with van der Waals surface area (Å²) in [7, 11) is 1.98. The number of aryl methyl sites for hydroxylation is 2. The molecule has 0 aliphatic heterocycles. The second-order valence-electron chi connectivity index (χ2n) is 5.07. The minimum Gasteiger partial charge on any atom is -0.327 e. The summed E-state index contributed by atoms with van der Waals surface area (Å²) in [4.78, 5) is 0. The van der Waals surface area contributed by atoms with Gasteiger partial charge in [0.25, 0.3) is 0 Å². The van der Waals surface area contributed by atoms with E-state index in [2.05, 4.69) is 48.4 Å². The first kappa shape index (κ1) is 13.8. The highest BCUT2D eigenvalue weighted by atomic mass is 15.2. The maximum absolute atomic E-state index is 6.40. The molecule has 1 heterocycles. The summed E-state index contributed by atoms with van der Waals surface area (Å²) < 4.78 is 1.93. The number of nitrogens with zero attached hydrogens (tertiary/aromatic N) is 2. The molecule has 0 spiro atoms. The Balaban J connectivity index is 1.98. The molecule has 0 amide bonds. The molecule has 2 N–H and O–H groups in total. The van der Waals surface area contributed by atoms with Crippen molar-refractivity contribution < 1.29 is 0 Å². The summed E-state index contributed by atoms with van der Waals surface area (Å²) >= 11 is 0. The van der Waals surface area contributed by atoms with Crippen LogP contribution in [0.15, 0.2) is 42.6 Å². The second-order valence-corrected chi connectivity index (χ2v) is 5.07. The van der Waals surface area contributed by atoms with Crippen molar-refractivity contribution in [2.75, 3.05) is 0 Å². The number of aromatic nitrogens is 2. The van der Waals surface area contributed by atoms with Crippen LogP contribution >= 0.6 is 0 Å². The summed E-state index contributed by atoms with van der Waals surface area (Å²) in [5.41, 5.74) is 9.00. The van der Waals surface area contributed by atoms with Gasteiger partial charge in [0.1, 0.15) is 0 Å². The van der Waals surface area contributed by atoms with E-state index in [1.807, 2.05) is 17.9 Å². The number of benzene rings is 1. The van der Waals surface area contributed by atoms with Crippen LogP contribution in [0.2, 0.25) is 0 Å². The van der Waals surface area contributed by atoms with Crippen LogP contribution in [0.5, 0.6) is 0 Å². The molecular formula is C16H23N3. The first-order valence-electron chi connectivity index (χ1n) is 6.99. The Morgan fingerprint density at radius 2 is 1.95 bits per heavy atom. The van der Waals surface area contributed by atoms with Crippen LogP contribution in [-0.4, -0.2) is 15.8 Å². The summed E-state index contributed by atoms with van der Waals surface area (Å²) in [6, 6.07) is 12.9. The third-order valence-electron chi connectivity index (χ3n) is 3.84. The fourth-order valence-electron chi connectivity index (χ4n) is 2.65. The molecule has 19 heavy (non-hydrogen) atoms. The lowest BCUT2D eigenvalue weighted by molar-refractivity contribution is 0.481. The van der Waals surface area contributed by atoms with Crippen LogP contribution in [0.3, 0.4) is 0 Å². The van der Waals surface area contributed by atoms with Gasteiger partial charge in [0.15, 0.2) is 0 Å².